The van der Waals surface area contributed by atoms with Gasteiger partial charge in [0.15, 0.2) is 5.16 Å². The van der Waals surface area contributed by atoms with Crippen LogP contribution in [0.15, 0.2) is 17.6 Å². The molecular formula is C9H11N5OS2. The molecule has 2 aromatic rings. The van der Waals surface area contributed by atoms with Crippen molar-refractivity contribution in [1.29, 1.82) is 0 Å². The fraction of sp³-hybridized carbons (Fsp3) is 0.222. The second-order valence-corrected chi connectivity index (χ2v) is 5.47. The number of carbonyl (C=O) groups is 1. The van der Waals surface area contributed by atoms with Crippen molar-refractivity contribution in [2.75, 3.05) is 0 Å². The van der Waals surface area contributed by atoms with Crippen molar-refractivity contribution >= 4 is 29.0 Å². The lowest BCUT2D eigenvalue weighted by molar-refractivity contribution is 0.0957. The van der Waals surface area contributed by atoms with Gasteiger partial charge in [0.2, 0.25) is 0 Å². The van der Waals surface area contributed by atoms with Crippen LogP contribution in [0.1, 0.15) is 20.1 Å². The van der Waals surface area contributed by atoms with Gasteiger partial charge in [-0.1, -0.05) is 11.8 Å². The Kier molecular flexibility index (Phi) is 3.77. The van der Waals surface area contributed by atoms with Crippen LogP contribution in [0.25, 0.3) is 0 Å². The van der Waals surface area contributed by atoms with E-state index in [2.05, 4.69) is 20.6 Å². The van der Waals surface area contributed by atoms with Crippen molar-refractivity contribution in [3.63, 3.8) is 0 Å². The zero-order chi connectivity index (χ0) is 12.3. The van der Waals surface area contributed by atoms with E-state index in [1.807, 2.05) is 13.0 Å². The largest absolute Gasteiger partial charge is 0.289 e. The highest BCUT2D eigenvalue weighted by atomic mass is 32.2. The maximum atomic E-state index is 11.4. The Morgan fingerprint density at radius 3 is 3.18 bits per heavy atom. The number of nitrogen functional groups attached to an aromatic ring is 1. The molecule has 0 saturated carbocycles. The molecule has 1 amide bonds. The zero-order valence-corrected chi connectivity index (χ0v) is 10.7. The Bertz CT molecular complexity index is 507. The van der Waals surface area contributed by atoms with Gasteiger partial charge in [0.1, 0.15) is 6.33 Å². The number of thioether (sulfide) groups is 1. The number of nitrogens with one attached hydrogen (secondary N) is 2. The summed E-state index contributed by atoms with van der Waals surface area (Å²) in [5, 5.41) is 7.31. The molecule has 2 aromatic heterocycles. The summed E-state index contributed by atoms with van der Waals surface area (Å²) in [5.74, 6) is 5.58. The molecule has 17 heavy (non-hydrogen) atoms. The molecule has 0 fully saturated rings. The Labute approximate surface area is 106 Å². The van der Waals surface area contributed by atoms with Crippen LogP contribution < -0.4 is 11.3 Å². The number of nitrogens with zero attached hydrogens (tertiary/aromatic N) is 2. The molecule has 2 heterocycles. The second kappa shape index (κ2) is 5.30. The number of hydrogen-bond acceptors (Lipinski definition) is 6. The Hall–Kier alpha value is -1.38. The van der Waals surface area contributed by atoms with Gasteiger partial charge >= 0.3 is 0 Å². The number of aromatic amines is 1. The third-order valence-electron chi connectivity index (χ3n) is 2.13. The van der Waals surface area contributed by atoms with Crippen LogP contribution in [-0.4, -0.2) is 21.1 Å². The molecular weight excluding hydrogens is 258 g/mol. The number of rotatable bonds is 4. The van der Waals surface area contributed by atoms with Gasteiger partial charge in [0.05, 0.1) is 4.88 Å². The minimum Gasteiger partial charge on any atom is -0.289 e. The third-order valence-corrected chi connectivity index (χ3v) is 4.15. The minimum atomic E-state index is -0.256. The first-order valence-electron chi connectivity index (χ1n) is 4.79. The zero-order valence-electron chi connectivity index (χ0n) is 9.06. The average molecular weight is 269 g/mol. The highest BCUT2D eigenvalue weighted by molar-refractivity contribution is 7.98. The lowest BCUT2D eigenvalue weighted by Crippen LogP contribution is -2.29. The molecule has 6 nitrogen and oxygen atoms in total. The van der Waals surface area contributed by atoms with E-state index in [9.17, 15) is 4.79 Å². The first-order valence-corrected chi connectivity index (χ1v) is 6.59. The van der Waals surface area contributed by atoms with Crippen LogP contribution in [0, 0.1) is 6.92 Å². The van der Waals surface area contributed by atoms with Crippen molar-refractivity contribution in [1.82, 2.24) is 20.6 Å². The summed E-state index contributed by atoms with van der Waals surface area (Å²) in [5.41, 5.74) is 3.23. The molecule has 90 valence electrons. The van der Waals surface area contributed by atoms with Crippen molar-refractivity contribution in [3.8, 4) is 0 Å². The monoisotopic (exact) mass is 269 g/mol. The lowest BCUT2D eigenvalue weighted by atomic mass is 10.3. The predicted molar refractivity (Wildman–Crippen MR) is 66.7 cm³/mol. The van der Waals surface area contributed by atoms with E-state index in [0.717, 1.165) is 21.3 Å². The molecule has 4 N–H and O–H groups in total. The van der Waals surface area contributed by atoms with Crippen molar-refractivity contribution in [2.45, 2.75) is 17.8 Å². The van der Waals surface area contributed by atoms with Gasteiger partial charge < -0.3 is 0 Å². The van der Waals surface area contributed by atoms with Crippen LogP contribution in [-0.2, 0) is 5.75 Å². The molecule has 8 heteroatoms. The average Bonchev–Trinajstić information content (AvgIpc) is 2.95. The number of nitrogens with two attached hydrogens (primary N) is 1. The minimum absolute atomic E-state index is 0.256. The number of hydrogen-bond donors (Lipinski definition) is 3. The molecule has 2 rings (SSSR count). The van der Waals surface area contributed by atoms with Gasteiger partial charge in [0.25, 0.3) is 5.91 Å². The first-order chi connectivity index (χ1) is 8.20. The normalized spacial score (nSPS) is 10.5. The number of thiophene rings is 1. The van der Waals surface area contributed by atoms with Crippen LogP contribution in [0.2, 0.25) is 0 Å². The lowest BCUT2D eigenvalue weighted by Gasteiger charge is -1.96. The molecule has 0 saturated heterocycles. The molecule has 0 radical (unpaired) electrons. The molecule has 0 bridgehead atoms. The number of amides is 1. The van der Waals surface area contributed by atoms with E-state index in [1.54, 1.807) is 11.8 Å². The van der Waals surface area contributed by atoms with Crippen molar-refractivity contribution in [3.05, 3.63) is 27.7 Å². The summed E-state index contributed by atoms with van der Waals surface area (Å²) in [6.07, 6.45) is 1.47. The van der Waals surface area contributed by atoms with Gasteiger partial charge in [0, 0.05) is 10.6 Å². The van der Waals surface area contributed by atoms with Gasteiger partial charge in [-0.25, -0.2) is 10.8 Å². The van der Waals surface area contributed by atoms with Gasteiger partial charge in [-0.05, 0) is 18.6 Å². The van der Waals surface area contributed by atoms with E-state index in [0.29, 0.717) is 4.88 Å². The number of H-pyrrole nitrogens is 1. The SMILES string of the molecule is Cc1sc(C(=O)NN)cc1CSc1ncn[nH]1. The highest BCUT2D eigenvalue weighted by Gasteiger charge is 2.11. The molecule has 0 aliphatic carbocycles. The molecule has 0 aliphatic rings. The fourth-order valence-corrected chi connectivity index (χ4v) is 3.12. The summed E-state index contributed by atoms with van der Waals surface area (Å²) in [7, 11) is 0. The van der Waals surface area contributed by atoms with Crippen LogP contribution >= 0.6 is 23.1 Å². The summed E-state index contributed by atoms with van der Waals surface area (Å²) in [6, 6.07) is 1.85. The Morgan fingerprint density at radius 1 is 1.71 bits per heavy atom. The van der Waals surface area contributed by atoms with Crippen LogP contribution in [0.3, 0.4) is 0 Å². The van der Waals surface area contributed by atoms with E-state index < -0.39 is 0 Å². The van der Waals surface area contributed by atoms with Crippen molar-refractivity contribution in [2.24, 2.45) is 5.84 Å². The van der Waals surface area contributed by atoms with Crippen LogP contribution in [0.5, 0.6) is 0 Å². The van der Waals surface area contributed by atoms with Gasteiger partial charge in [-0.15, -0.1) is 11.3 Å². The first kappa shape index (κ1) is 12.1. The van der Waals surface area contributed by atoms with E-state index in [-0.39, 0.29) is 5.91 Å². The third kappa shape index (κ3) is 2.84. The summed E-state index contributed by atoms with van der Waals surface area (Å²) in [4.78, 5) is 17.1. The van der Waals surface area contributed by atoms with Gasteiger partial charge in [-0.3, -0.25) is 15.3 Å². The van der Waals surface area contributed by atoms with E-state index >= 15 is 0 Å². The van der Waals surface area contributed by atoms with Crippen molar-refractivity contribution < 1.29 is 4.79 Å². The number of carbonyl (C=O) groups excluding carboxylic acids is 1. The summed E-state index contributed by atoms with van der Waals surface area (Å²) < 4.78 is 0. The smallest absolute Gasteiger partial charge is 0.275 e. The quantitative estimate of drug-likeness (QED) is 0.334. The number of aromatic nitrogens is 3. The Balaban J connectivity index is 2.06. The molecule has 0 aliphatic heterocycles. The van der Waals surface area contributed by atoms with Crippen LogP contribution in [0.4, 0.5) is 0 Å². The maximum absolute atomic E-state index is 11.4. The number of aryl methyl sites for hydroxylation is 1. The number of hydrazine groups is 1. The van der Waals surface area contributed by atoms with E-state index in [1.165, 1.54) is 17.7 Å². The van der Waals surface area contributed by atoms with E-state index in [4.69, 9.17) is 5.84 Å². The fourth-order valence-electron chi connectivity index (χ4n) is 1.26. The Morgan fingerprint density at radius 2 is 2.53 bits per heavy atom. The topological polar surface area (TPSA) is 96.7 Å². The molecule has 0 aromatic carbocycles. The molecule has 0 atom stereocenters. The molecule has 0 spiro atoms. The maximum Gasteiger partial charge on any atom is 0.275 e. The molecule has 0 unspecified atom stereocenters. The standard InChI is InChI=1S/C9H11N5OS2/c1-5-6(2-7(17-5)8(15)13-10)3-16-9-11-4-12-14-9/h2,4H,3,10H2,1H3,(H,13,15)(H,11,12,14). The predicted octanol–water partition coefficient (Wildman–Crippen LogP) is 1.07. The highest BCUT2D eigenvalue weighted by Crippen LogP contribution is 2.27. The summed E-state index contributed by atoms with van der Waals surface area (Å²) >= 11 is 2.97. The van der Waals surface area contributed by atoms with Gasteiger partial charge in [-0.2, -0.15) is 5.10 Å². The second-order valence-electron chi connectivity index (χ2n) is 3.24. The summed E-state index contributed by atoms with van der Waals surface area (Å²) in [6.45, 7) is 1.98.